The number of aryl methyl sites for hydroxylation is 1. The molecule has 0 fully saturated rings. The first-order chi connectivity index (χ1) is 18.0. The molecule has 0 N–H and O–H groups in total. The summed E-state index contributed by atoms with van der Waals surface area (Å²) in [5, 5.41) is 0.305. The van der Waals surface area contributed by atoms with Gasteiger partial charge in [-0.15, -0.1) is 11.3 Å². The third kappa shape index (κ3) is 6.22. The Morgan fingerprint density at radius 3 is 1.73 bits per heavy atom. The van der Waals surface area contributed by atoms with Crippen LogP contribution in [0.15, 0.2) is 91.0 Å². The van der Waals surface area contributed by atoms with Crippen LogP contribution in [0, 0.1) is 6.92 Å². The number of benzene rings is 3. The van der Waals surface area contributed by atoms with Gasteiger partial charge in [0.15, 0.2) is 0 Å². The summed E-state index contributed by atoms with van der Waals surface area (Å²) in [6.07, 6.45) is 0.722. The number of esters is 1. The summed E-state index contributed by atoms with van der Waals surface area (Å²) >= 11 is 1.27. The van der Waals surface area contributed by atoms with Crippen LogP contribution in [-0.2, 0) is 27.2 Å². The number of carbonyl (C=O) groups is 3. The Hall–Kier alpha value is -4.03. The fraction of sp³-hybridized carbons (Fsp3) is 0.194. The lowest BCUT2D eigenvalue weighted by Crippen LogP contribution is -2.39. The molecular weight excluding hydrogens is 482 g/mol. The third-order valence-electron chi connectivity index (χ3n) is 5.87. The quantitative estimate of drug-likeness (QED) is 0.237. The predicted molar refractivity (Wildman–Crippen MR) is 148 cm³/mol. The number of hydrogen-bond acceptors (Lipinski definition) is 5. The van der Waals surface area contributed by atoms with E-state index >= 15 is 0 Å². The second-order valence-electron chi connectivity index (χ2n) is 8.66. The maximum atomic E-state index is 13.8. The lowest BCUT2D eigenvalue weighted by atomic mass is 10.0. The van der Waals surface area contributed by atoms with Crippen LogP contribution in [0.4, 0.5) is 5.00 Å². The van der Waals surface area contributed by atoms with Crippen molar-refractivity contribution in [2.24, 2.45) is 0 Å². The van der Waals surface area contributed by atoms with Gasteiger partial charge in [-0.1, -0.05) is 97.9 Å². The molecule has 0 aliphatic carbocycles. The summed E-state index contributed by atoms with van der Waals surface area (Å²) in [5.41, 5.74) is 3.35. The van der Waals surface area contributed by atoms with Crippen molar-refractivity contribution in [2.75, 3.05) is 11.5 Å². The molecule has 4 aromatic rings. The normalized spacial score (nSPS) is 10.6. The Balaban J connectivity index is 1.84. The van der Waals surface area contributed by atoms with E-state index in [0.717, 1.165) is 21.6 Å². The number of ether oxygens (including phenoxy) is 1. The van der Waals surface area contributed by atoms with Crippen LogP contribution in [0.3, 0.4) is 0 Å². The largest absolute Gasteiger partial charge is 0.462 e. The molecule has 5 nitrogen and oxygen atoms in total. The minimum atomic E-state index is -0.537. The van der Waals surface area contributed by atoms with Crippen LogP contribution in [0.25, 0.3) is 11.1 Å². The number of imide groups is 1. The van der Waals surface area contributed by atoms with Crippen molar-refractivity contribution >= 4 is 34.1 Å². The molecular formula is C31H29NO4S. The Labute approximate surface area is 221 Å². The molecule has 0 aliphatic heterocycles. The van der Waals surface area contributed by atoms with Crippen LogP contribution >= 0.6 is 11.3 Å². The van der Waals surface area contributed by atoms with Gasteiger partial charge in [-0.3, -0.25) is 9.59 Å². The zero-order valence-corrected chi connectivity index (χ0v) is 21.8. The van der Waals surface area contributed by atoms with E-state index in [2.05, 4.69) is 0 Å². The molecule has 4 rings (SSSR count). The number of hydrogen-bond donors (Lipinski definition) is 0. The fourth-order valence-electron chi connectivity index (χ4n) is 4.16. The van der Waals surface area contributed by atoms with Gasteiger partial charge < -0.3 is 4.74 Å². The number of rotatable bonds is 9. The van der Waals surface area contributed by atoms with Crippen molar-refractivity contribution in [1.29, 1.82) is 0 Å². The highest BCUT2D eigenvalue weighted by Crippen LogP contribution is 2.43. The maximum Gasteiger partial charge on any atom is 0.341 e. The first-order valence-electron chi connectivity index (χ1n) is 12.3. The molecule has 188 valence electrons. The van der Waals surface area contributed by atoms with Crippen molar-refractivity contribution in [3.05, 3.63) is 113 Å². The van der Waals surface area contributed by atoms with Crippen molar-refractivity contribution in [3.8, 4) is 11.1 Å². The van der Waals surface area contributed by atoms with E-state index in [1.807, 2.05) is 105 Å². The summed E-state index contributed by atoms with van der Waals surface area (Å²) < 4.78 is 5.56. The summed E-state index contributed by atoms with van der Waals surface area (Å²) in [6, 6.07) is 28.1. The summed E-state index contributed by atoms with van der Waals surface area (Å²) in [6.45, 7) is 4.07. The van der Waals surface area contributed by atoms with Crippen molar-refractivity contribution in [2.45, 2.75) is 33.1 Å². The standard InChI is InChI=1S/C31H29NO4S/c1-3-19-36-31(35)29-28(25-17-11-6-12-18-25)22(2)37-30(29)32(26(33)20-23-13-7-4-8-14-23)27(34)21-24-15-9-5-10-16-24/h4-18H,3,19-21H2,1-2H3. The molecule has 0 aliphatic rings. The summed E-state index contributed by atoms with van der Waals surface area (Å²) in [7, 11) is 0. The van der Waals surface area contributed by atoms with Crippen molar-refractivity contribution in [1.82, 2.24) is 0 Å². The van der Waals surface area contributed by atoms with Gasteiger partial charge in [-0.2, -0.15) is 0 Å². The van der Waals surface area contributed by atoms with E-state index in [9.17, 15) is 14.4 Å². The average Bonchev–Trinajstić information content (AvgIpc) is 3.25. The van der Waals surface area contributed by atoms with Crippen LogP contribution < -0.4 is 4.90 Å². The second kappa shape index (κ2) is 12.3. The van der Waals surface area contributed by atoms with Crippen molar-refractivity contribution in [3.63, 3.8) is 0 Å². The van der Waals surface area contributed by atoms with Crippen LogP contribution in [-0.4, -0.2) is 24.4 Å². The smallest absolute Gasteiger partial charge is 0.341 e. The van der Waals surface area contributed by atoms with Gasteiger partial charge in [0.05, 0.1) is 19.4 Å². The first-order valence-corrected chi connectivity index (χ1v) is 13.1. The number of nitrogens with zero attached hydrogens (tertiary/aromatic N) is 1. The van der Waals surface area contributed by atoms with Crippen LogP contribution in [0.1, 0.15) is 39.7 Å². The SMILES string of the molecule is CCCOC(=O)c1c(N(C(=O)Cc2ccccc2)C(=O)Cc2ccccc2)sc(C)c1-c1ccccc1. The lowest BCUT2D eigenvalue weighted by molar-refractivity contribution is -0.125. The second-order valence-corrected chi connectivity index (χ2v) is 9.87. The topological polar surface area (TPSA) is 63.7 Å². The van der Waals surface area contributed by atoms with E-state index < -0.39 is 17.8 Å². The van der Waals surface area contributed by atoms with E-state index in [1.165, 1.54) is 16.2 Å². The molecule has 37 heavy (non-hydrogen) atoms. The Bertz CT molecular complexity index is 1310. The van der Waals surface area contributed by atoms with Gasteiger partial charge in [0, 0.05) is 10.4 Å². The van der Waals surface area contributed by atoms with E-state index in [-0.39, 0.29) is 25.0 Å². The fourth-order valence-corrected chi connectivity index (χ4v) is 5.36. The van der Waals surface area contributed by atoms with E-state index in [0.29, 0.717) is 17.0 Å². The zero-order valence-electron chi connectivity index (χ0n) is 21.0. The molecule has 1 aromatic heterocycles. The van der Waals surface area contributed by atoms with Gasteiger partial charge in [-0.25, -0.2) is 9.69 Å². The molecule has 0 saturated heterocycles. The van der Waals surface area contributed by atoms with Gasteiger partial charge in [-0.05, 0) is 30.0 Å². The Morgan fingerprint density at radius 1 is 0.757 bits per heavy atom. The predicted octanol–water partition coefficient (Wildman–Crippen LogP) is 6.64. The molecule has 0 radical (unpaired) electrons. The first kappa shape index (κ1) is 26.0. The Morgan fingerprint density at radius 2 is 1.24 bits per heavy atom. The minimum Gasteiger partial charge on any atom is -0.462 e. The minimum absolute atomic E-state index is 0.0302. The lowest BCUT2D eigenvalue weighted by Gasteiger charge is -2.21. The summed E-state index contributed by atoms with van der Waals surface area (Å²) in [5.74, 6) is -1.32. The molecule has 0 spiro atoms. The highest BCUT2D eigenvalue weighted by molar-refractivity contribution is 7.17. The Kier molecular flexibility index (Phi) is 8.64. The molecule has 1 heterocycles. The average molecular weight is 512 g/mol. The van der Waals surface area contributed by atoms with Gasteiger partial charge in [0.2, 0.25) is 11.8 Å². The molecule has 0 atom stereocenters. The number of amides is 2. The monoisotopic (exact) mass is 511 g/mol. The highest BCUT2D eigenvalue weighted by Gasteiger charge is 2.33. The molecule has 2 amide bonds. The van der Waals surface area contributed by atoms with E-state index in [4.69, 9.17) is 4.74 Å². The third-order valence-corrected chi connectivity index (χ3v) is 6.96. The molecule has 6 heteroatoms. The van der Waals surface area contributed by atoms with Crippen LogP contribution in [0.5, 0.6) is 0 Å². The highest BCUT2D eigenvalue weighted by atomic mass is 32.1. The number of thiophene rings is 1. The van der Waals surface area contributed by atoms with Gasteiger partial charge in [0.25, 0.3) is 0 Å². The van der Waals surface area contributed by atoms with Gasteiger partial charge >= 0.3 is 5.97 Å². The maximum absolute atomic E-state index is 13.8. The van der Waals surface area contributed by atoms with E-state index in [1.54, 1.807) is 0 Å². The zero-order chi connectivity index (χ0) is 26.2. The number of anilines is 1. The summed E-state index contributed by atoms with van der Waals surface area (Å²) in [4.78, 5) is 42.9. The molecule has 3 aromatic carbocycles. The van der Waals surface area contributed by atoms with Gasteiger partial charge in [0.1, 0.15) is 10.6 Å². The van der Waals surface area contributed by atoms with Crippen LogP contribution in [0.2, 0.25) is 0 Å². The molecule has 0 saturated carbocycles. The number of carbonyl (C=O) groups excluding carboxylic acids is 3. The van der Waals surface area contributed by atoms with Crippen molar-refractivity contribution < 1.29 is 19.1 Å². The molecule has 0 bridgehead atoms. The molecule has 0 unspecified atom stereocenters.